The van der Waals surface area contributed by atoms with Crippen LogP contribution in [-0.2, 0) is 13.2 Å². The number of hydrogen-bond donors (Lipinski definition) is 2. The first-order valence-corrected chi connectivity index (χ1v) is 8.15. The first-order chi connectivity index (χ1) is 11.6. The number of aliphatic hydroxyl groups excluding tert-OH is 2. The molecule has 0 aliphatic rings. The van der Waals surface area contributed by atoms with E-state index in [1.807, 2.05) is 24.3 Å². The summed E-state index contributed by atoms with van der Waals surface area (Å²) in [4.78, 5) is 4.35. The van der Waals surface area contributed by atoms with Gasteiger partial charge < -0.3 is 19.5 Å². The zero-order valence-electron chi connectivity index (χ0n) is 12.7. The van der Waals surface area contributed by atoms with Gasteiger partial charge in [0.1, 0.15) is 30.9 Å². The molecule has 2 aromatic carbocycles. The van der Waals surface area contributed by atoms with Gasteiger partial charge in [-0.25, -0.2) is 4.98 Å². The van der Waals surface area contributed by atoms with Crippen molar-refractivity contribution in [3.8, 4) is 5.75 Å². The van der Waals surface area contributed by atoms with Crippen LogP contribution in [0.1, 0.15) is 5.82 Å². The van der Waals surface area contributed by atoms with Gasteiger partial charge in [-0.05, 0) is 24.3 Å². The highest BCUT2D eigenvalue weighted by Crippen LogP contribution is 2.28. The van der Waals surface area contributed by atoms with Gasteiger partial charge >= 0.3 is 0 Å². The minimum Gasteiger partial charge on any atom is -0.489 e. The van der Waals surface area contributed by atoms with Crippen molar-refractivity contribution < 1.29 is 14.9 Å². The molecule has 1 heterocycles. The van der Waals surface area contributed by atoms with Crippen LogP contribution in [0.5, 0.6) is 5.75 Å². The smallest absolute Gasteiger partial charge is 0.139 e. The molecule has 0 aliphatic heterocycles. The molecule has 7 heteroatoms. The van der Waals surface area contributed by atoms with Gasteiger partial charge in [0.05, 0.1) is 22.6 Å². The summed E-state index contributed by atoms with van der Waals surface area (Å²) in [6.45, 7) is 0.0778. The van der Waals surface area contributed by atoms with E-state index >= 15 is 0 Å². The fourth-order valence-corrected chi connectivity index (χ4v) is 2.82. The average molecular weight is 367 g/mol. The summed E-state index contributed by atoms with van der Waals surface area (Å²) < 4.78 is 7.33. The molecule has 24 heavy (non-hydrogen) atoms. The lowest BCUT2D eigenvalue weighted by molar-refractivity contribution is 0.0915. The second-order valence-corrected chi connectivity index (χ2v) is 6.17. The first-order valence-electron chi connectivity index (χ1n) is 7.39. The Morgan fingerprint density at radius 2 is 1.96 bits per heavy atom. The molecule has 1 atom stereocenters. The number of halogens is 2. The van der Waals surface area contributed by atoms with Crippen molar-refractivity contribution in [1.29, 1.82) is 0 Å². The lowest BCUT2D eigenvalue weighted by Crippen LogP contribution is -2.24. The second kappa shape index (κ2) is 7.40. The maximum Gasteiger partial charge on any atom is 0.139 e. The van der Waals surface area contributed by atoms with E-state index in [9.17, 15) is 10.2 Å². The summed E-state index contributed by atoms with van der Waals surface area (Å²) in [5.74, 6) is 0.914. The van der Waals surface area contributed by atoms with Crippen LogP contribution in [0.2, 0.25) is 10.0 Å². The summed E-state index contributed by atoms with van der Waals surface area (Å²) in [6.07, 6.45) is -0.803. The van der Waals surface area contributed by atoms with Crippen molar-refractivity contribution in [2.45, 2.75) is 19.3 Å². The molecule has 126 valence electrons. The van der Waals surface area contributed by atoms with E-state index in [0.717, 1.165) is 11.0 Å². The van der Waals surface area contributed by atoms with E-state index in [2.05, 4.69) is 4.98 Å². The number of hydrogen-bond acceptors (Lipinski definition) is 4. The molecule has 3 rings (SSSR count). The van der Waals surface area contributed by atoms with Crippen molar-refractivity contribution in [2.75, 3.05) is 6.61 Å². The molecule has 0 saturated heterocycles. The highest BCUT2D eigenvalue weighted by atomic mass is 35.5. The normalized spacial score (nSPS) is 12.5. The highest BCUT2D eigenvalue weighted by Gasteiger charge is 2.14. The van der Waals surface area contributed by atoms with Gasteiger partial charge in [-0.2, -0.15) is 0 Å². The largest absolute Gasteiger partial charge is 0.489 e. The van der Waals surface area contributed by atoms with E-state index in [4.69, 9.17) is 27.9 Å². The fourth-order valence-electron chi connectivity index (χ4n) is 2.49. The molecule has 0 spiro atoms. The van der Waals surface area contributed by atoms with Crippen LogP contribution in [0.3, 0.4) is 0 Å². The lowest BCUT2D eigenvalue weighted by atomic mass is 10.3. The second-order valence-electron chi connectivity index (χ2n) is 5.33. The van der Waals surface area contributed by atoms with Crippen molar-refractivity contribution in [3.05, 3.63) is 58.3 Å². The summed E-state index contributed by atoms with van der Waals surface area (Å²) >= 11 is 11.9. The molecule has 0 unspecified atom stereocenters. The number of ether oxygens (including phenoxy) is 1. The Morgan fingerprint density at radius 3 is 2.75 bits per heavy atom. The van der Waals surface area contributed by atoms with Crippen molar-refractivity contribution in [2.24, 2.45) is 0 Å². The molecule has 0 fully saturated rings. The topological polar surface area (TPSA) is 67.5 Å². The number of aromatic nitrogens is 2. The minimum atomic E-state index is -0.803. The lowest BCUT2D eigenvalue weighted by Gasteiger charge is -2.16. The first kappa shape index (κ1) is 17.0. The SMILES string of the molecule is OCc1nc2ccccc2n1C[C@H](O)COc1cc(Cl)ccc1Cl. The third-order valence-electron chi connectivity index (χ3n) is 3.59. The molecule has 0 radical (unpaired) electrons. The Labute approximate surface area is 149 Å². The quantitative estimate of drug-likeness (QED) is 0.702. The number of benzene rings is 2. The molecule has 2 N–H and O–H groups in total. The molecular weight excluding hydrogens is 351 g/mol. The van der Waals surface area contributed by atoms with E-state index in [-0.39, 0.29) is 19.8 Å². The zero-order chi connectivity index (χ0) is 17.1. The summed E-state index contributed by atoms with van der Waals surface area (Å²) in [5.41, 5.74) is 1.62. The van der Waals surface area contributed by atoms with Gasteiger partial charge in [-0.1, -0.05) is 35.3 Å². The molecule has 0 aliphatic carbocycles. The maximum atomic E-state index is 10.3. The molecular formula is C17H16Cl2N2O3. The molecule has 0 saturated carbocycles. The number of rotatable bonds is 6. The number of aliphatic hydroxyl groups is 2. The van der Waals surface area contributed by atoms with Crippen molar-refractivity contribution in [3.63, 3.8) is 0 Å². The van der Waals surface area contributed by atoms with Crippen LogP contribution < -0.4 is 4.74 Å². The molecule has 1 aromatic heterocycles. The van der Waals surface area contributed by atoms with Crippen LogP contribution in [0.15, 0.2) is 42.5 Å². The molecule has 3 aromatic rings. The monoisotopic (exact) mass is 366 g/mol. The molecule has 5 nitrogen and oxygen atoms in total. The summed E-state index contributed by atoms with van der Waals surface area (Å²) in [6, 6.07) is 12.4. The summed E-state index contributed by atoms with van der Waals surface area (Å²) in [7, 11) is 0. The Morgan fingerprint density at radius 1 is 1.17 bits per heavy atom. The standard InChI is InChI=1S/C17H16Cl2N2O3/c18-11-5-6-13(19)16(7-11)24-10-12(23)8-21-15-4-2-1-3-14(15)20-17(21)9-22/h1-7,12,22-23H,8-10H2/t12-/m0/s1. The van der Waals surface area contributed by atoms with Gasteiger partial charge in [0, 0.05) is 11.1 Å². The predicted octanol–water partition coefficient (Wildman–Crippen LogP) is 3.28. The Hall–Kier alpha value is -1.79. The van der Waals surface area contributed by atoms with Gasteiger partial charge in [-0.15, -0.1) is 0 Å². The van der Waals surface area contributed by atoms with E-state index in [1.165, 1.54) is 0 Å². The van der Waals surface area contributed by atoms with Gasteiger partial charge in [0.2, 0.25) is 0 Å². The number of imidazole rings is 1. The van der Waals surface area contributed by atoms with E-state index < -0.39 is 6.10 Å². The Kier molecular flexibility index (Phi) is 5.26. The average Bonchev–Trinajstić information content (AvgIpc) is 2.93. The van der Waals surface area contributed by atoms with Crippen LogP contribution in [0.25, 0.3) is 11.0 Å². The molecule has 0 bridgehead atoms. The van der Waals surface area contributed by atoms with E-state index in [1.54, 1.807) is 22.8 Å². The van der Waals surface area contributed by atoms with Gasteiger partial charge in [0.15, 0.2) is 0 Å². The number of nitrogens with zero attached hydrogens (tertiary/aromatic N) is 2. The van der Waals surface area contributed by atoms with Gasteiger partial charge in [-0.3, -0.25) is 0 Å². The third-order valence-corrected chi connectivity index (χ3v) is 4.14. The van der Waals surface area contributed by atoms with Gasteiger partial charge in [0.25, 0.3) is 0 Å². The summed E-state index contributed by atoms with van der Waals surface area (Å²) in [5, 5.41) is 20.7. The van der Waals surface area contributed by atoms with Crippen LogP contribution in [-0.4, -0.2) is 32.5 Å². The van der Waals surface area contributed by atoms with Crippen LogP contribution >= 0.6 is 23.2 Å². The van der Waals surface area contributed by atoms with Crippen LogP contribution in [0, 0.1) is 0 Å². The number of fused-ring (bicyclic) bond motifs is 1. The van der Waals surface area contributed by atoms with Crippen LogP contribution in [0.4, 0.5) is 0 Å². The zero-order valence-corrected chi connectivity index (χ0v) is 14.2. The van der Waals surface area contributed by atoms with Crippen molar-refractivity contribution >= 4 is 34.2 Å². The Balaban J connectivity index is 1.73. The van der Waals surface area contributed by atoms with Crippen molar-refractivity contribution in [1.82, 2.24) is 9.55 Å². The fraction of sp³-hybridized carbons (Fsp3) is 0.235. The van der Waals surface area contributed by atoms with E-state index in [0.29, 0.717) is 21.6 Å². The predicted molar refractivity (Wildman–Crippen MR) is 93.6 cm³/mol. The maximum absolute atomic E-state index is 10.3. The Bertz CT molecular complexity index is 851. The third kappa shape index (κ3) is 3.65. The molecule has 0 amide bonds. The minimum absolute atomic E-state index is 0.0391. The number of para-hydroxylation sites is 2. The highest BCUT2D eigenvalue weighted by molar-refractivity contribution is 6.34.